The van der Waals surface area contributed by atoms with E-state index in [1.807, 2.05) is 0 Å². The summed E-state index contributed by atoms with van der Waals surface area (Å²) in [5, 5.41) is 0.408. The number of hydrogen-bond acceptors (Lipinski definition) is 2. The van der Waals surface area contributed by atoms with Gasteiger partial charge < -0.3 is 10.6 Å². The SMILES string of the molecule is C=CCN(C)C(=O)c1cc(N)ccc1Cl. The number of nitrogen functional groups attached to an aromatic ring is 1. The zero-order chi connectivity index (χ0) is 11.4. The van der Waals surface area contributed by atoms with Gasteiger partial charge in [0.15, 0.2) is 0 Å². The second kappa shape index (κ2) is 4.84. The molecule has 0 aliphatic carbocycles. The van der Waals surface area contributed by atoms with Gasteiger partial charge in [-0.3, -0.25) is 4.79 Å². The Balaban J connectivity index is 2.99. The van der Waals surface area contributed by atoms with E-state index in [0.717, 1.165) is 0 Å². The molecule has 4 heteroatoms. The van der Waals surface area contributed by atoms with Gasteiger partial charge in [-0.1, -0.05) is 17.7 Å². The first kappa shape index (κ1) is 11.6. The van der Waals surface area contributed by atoms with E-state index >= 15 is 0 Å². The van der Waals surface area contributed by atoms with Crippen LogP contribution in [0.2, 0.25) is 5.02 Å². The van der Waals surface area contributed by atoms with Crippen molar-refractivity contribution < 1.29 is 4.79 Å². The van der Waals surface area contributed by atoms with E-state index in [-0.39, 0.29) is 5.91 Å². The van der Waals surface area contributed by atoms with Crippen molar-refractivity contribution >= 4 is 23.2 Å². The summed E-state index contributed by atoms with van der Waals surface area (Å²) in [5.41, 5.74) is 6.53. The minimum absolute atomic E-state index is 0.160. The van der Waals surface area contributed by atoms with Crippen LogP contribution in [0.4, 0.5) is 5.69 Å². The fourth-order valence-corrected chi connectivity index (χ4v) is 1.39. The molecule has 0 fully saturated rings. The Bertz CT molecular complexity index is 390. The van der Waals surface area contributed by atoms with Crippen LogP contribution in [0.3, 0.4) is 0 Å². The van der Waals surface area contributed by atoms with Gasteiger partial charge in [-0.15, -0.1) is 6.58 Å². The maximum absolute atomic E-state index is 11.8. The molecule has 1 rings (SSSR count). The van der Waals surface area contributed by atoms with E-state index in [4.69, 9.17) is 17.3 Å². The fraction of sp³-hybridized carbons (Fsp3) is 0.182. The quantitative estimate of drug-likeness (QED) is 0.632. The normalized spacial score (nSPS) is 9.73. The third-order valence-corrected chi connectivity index (χ3v) is 2.30. The van der Waals surface area contributed by atoms with Gasteiger partial charge in [-0.25, -0.2) is 0 Å². The first-order valence-corrected chi connectivity index (χ1v) is 4.85. The molecule has 0 aliphatic rings. The number of amides is 1. The molecule has 80 valence electrons. The van der Waals surface area contributed by atoms with Crippen LogP contribution in [0, 0.1) is 0 Å². The van der Waals surface area contributed by atoms with E-state index in [1.165, 1.54) is 4.90 Å². The van der Waals surface area contributed by atoms with Gasteiger partial charge in [0.1, 0.15) is 0 Å². The van der Waals surface area contributed by atoms with Crippen LogP contribution in [0.25, 0.3) is 0 Å². The summed E-state index contributed by atoms with van der Waals surface area (Å²) in [5.74, 6) is -0.160. The highest BCUT2D eigenvalue weighted by Crippen LogP contribution is 2.20. The number of carbonyl (C=O) groups excluding carboxylic acids is 1. The van der Waals surface area contributed by atoms with Crippen LogP contribution in [0.15, 0.2) is 30.9 Å². The minimum Gasteiger partial charge on any atom is -0.399 e. The van der Waals surface area contributed by atoms with Crippen LogP contribution >= 0.6 is 11.6 Å². The van der Waals surface area contributed by atoms with Crippen molar-refractivity contribution in [2.75, 3.05) is 19.3 Å². The maximum atomic E-state index is 11.8. The average molecular weight is 225 g/mol. The summed E-state index contributed by atoms with van der Waals surface area (Å²) in [6.45, 7) is 4.04. The van der Waals surface area contributed by atoms with Gasteiger partial charge in [0, 0.05) is 19.3 Å². The molecule has 0 aliphatic heterocycles. The lowest BCUT2D eigenvalue weighted by Gasteiger charge is -2.15. The second-order valence-electron chi connectivity index (χ2n) is 3.21. The number of benzene rings is 1. The van der Waals surface area contributed by atoms with Crippen molar-refractivity contribution in [1.29, 1.82) is 0 Å². The largest absolute Gasteiger partial charge is 0.399 e. The predicted molar refractivity (Wildman–Crippen MR) is 63.0 cm³/mol. The Hall–Kier alpha value is -1.48. The molecule has 1 amide bonds. The predicted octanol–water partition coefficient (Wildman–Crippen LogP) is 2.18. The number of nitrogens with two attached hydrogens (primary N) is 1. The fourth-order valence-electron chi connectivity index (χ4n) is 1.19. The highest BCUT2D eigenvalue weighted by Gasteiger charge is 2.14. The van der Waals surface area contributed by atoms with Gasteiger partial charge >= 0.3 is 0 Å². The van der Waals surface area contributed by atoms with Crippen LogP contribution in [0.1, 0.15) is 10.4 Å². The van der Waals surface area contributed by atoms with Gasteiger partial charge in [0.2, 0.25) is 0 Å². The molecule has 0 aromatic heterocycles. The van der Waals surface area contributed by atoms with Gasteiger partial charge in [-0.05, 0) is 18.2 Å². The summed E-state index contributed by atoms with van der Waals surface area (Å²) in [6, 6.07) is 4.85. The molecule has 0 atom stereocenters. The molecule has 3 nitrogen and oxygen atoms in total. The Morgan fingerprint density at radius 1 is 1.67 bits per heavy atom. The Labute approximate surface area is 94.1 Å². The molecule has 0 spiro atoms. The first-order chi connectivity index (χ1) is 7.06. The molecular weight excluding hydrogens is 212 g/mol. The van der Waals surface area contributed by atoms with E-state index < -0.39 is 0 Å². The highest BCUT2D eigenvalue weighted by atomic mass is 35.5. The number of anilines is 1. The standard InChI is InChI=1S/C11H13ClN2O/c1-3-6-14(2)11(15)9-7-8(13)4-5-10(9)12/h3-5,7H,1,6,13H2,2H3. The van der Waals surface area contributed by atoms with Crippen molar-refractivity contribution in [3.63, 3.8) is 0 Å². The molecule has 0 saturated carbocycles. The molecule has 0 heterocycles. The lowest BCUT2D eigenvalue weighted by Crippen LogP contribution is -2.27. The van der Waals surface area contributed by atoms with Crippen LogP contribution < -0.4 is 5.73 Å². The molecule has 2 N–H and O–H groups in total. The second-order valence-corrected chi connectivity index (χ2v) is 3.62. The Morgan fingerprint density at radius 3 is 2.93 bits per heavy atom. The third kappa shape index (κ3) is 2.73. The number of hydrogen-bond donors (Lipinski definition) is 1. The molecule has 0 radical (unpaired) electrons. The summed E-state index contributed by atoms with van der Waals surface area (Å²) in [6.07, 6.45) is 1.65. The smallest absolute Gasteiger partial charge is 0.255 e. The van der Waals surface area contributed by atoms with E-state index in [1.54, 1.807) is 31.3 Å². The monoisotopic (exact) mass is 224 g/mol. The molecule has 0 bridgehead atoms. The Kier molecular flexibility index (Phi) is 3.74. The summed E-state index contributed by atoms with van der Waals surface area (Å²) in [7, 11) is 1.68. The number of nitrogens with zero attached hydrogens (tertiary/aromatic N) is 1. The lowest BCUT2D eigenvalue weighted by atomic mass is 10.2. The molecule has 0 saturated heterocycles. The third-order valence-electron chi connectivity index (χ3n) is 1.97. The van der Waals surface area contributed by atoms with E-state index in [0.29, 0.717) is 22.8 Å². The van der Waals surface area contributed by atoms with Gasteiger partial charge in [-0.2, -0.15) is 0 Å². The lowest BCUT2D eigenvalue weighted by molar-refractivity contribution is 0.0810. The number of halogens is 1. The maximum Gasteiger partial charge on any atom is 0.255 e. The molecule has 15 heavy (non-hydrogen) atoms. The topological polar surface area (TPSA) is 46.3 Å². The Morgan fingerprint density at radius 2 is 2.33 bits per heavy atom. The van der Waals surface area contributed by atoms with Crippen LogP contribution in [-0.2, 0) is 0 Å². The number of likely N-dealkylation sites (N-methyl/N-ethyl adjacent to an activating group) is 1. The summed E-state index contributed by atoms with van der Waals surface area (Å²) >= 11 is 5.91. The van der Waals surface area contributed by atoms with Crippen molar-refractivity contribution in [3.05, 3.63) is 41.4 Å². The number of rotatable bonds is 3. The van der Waals surface area contributed by atoms with E-state index in [9.17, 15) is 4.79 Å². The van der Waals surface area contributed by atoms with Crippen LogP contribution in [-0.4, -0.2) is 24.4 Å². The van der Waals surface area contributed by atoms with Crippen molar-refractivity contribution in [2.45, 2.75) is 0 Å². The molecule has 0 unspecified atom stereocenters. The van der Waals surface area contributed by atoms with Crippen molar-refractivity contribution in [3.8, 4) is 0 Å². The van der Waals surface area contributed by atoms with Crippen LogP contribution in [0.5, 0.6) is 0 Å². The molecule has 1 aromatic rings. The van der Waals surface area contributed by atoms with Gasteiger partial charge in [0.05, 0.1) is 10.6 Å². The van der Waals surface area contributed by atoms with E-state index in [2.05, 4.69) is 6.58 Å². The minimum atomic E-state index is -0.160. The zero-order valence-corrected chi connectivity index (χ0v) is 9.29. The zero-order valence-electron chi connectivity index (χ0n) is 8.53. The summed E-state index contributed by atoms with van der Waals surface area (Å²) in [4.78, 5) is 13.4. The first-order valence-electron chi connectivity index (χ1n) is 4.47. The highest BCUT2D eigenvalue weighted by molar-refractivity contribution is 6.33. The van der Waals surface area contributed by atoms with Crippen molar-refractivity contribution in [2.24, 2.45) is 0 Å². The molecular formula is C11H13ClN2O. The average Bonchev–Trinajstić information content (AvgIpc) is 2.21. The van der Waals surface area contributed by atoms with Gasteiger partial charge in [0.25, 0.3) is 5.91 Å². The number of carbonyl (C=O) groups is 1. The summed E-state index contributed by atoms with van der Waals surface area (Å²) < 4.78 is 0. The van der Waals surface area contributed by atoms with Crippen molar-refractivity contribution in [1.82, 2.24) is 4.90 Å². The molecule has 1 aromatic carbocycles.